The number of H-pyrrole nitrogens is 1. The number of rotatable bonds is 2. The van der Waals surface area contributed by atoms with E-state index >= 15 is 0 Å². The first kappa shape index (κ1) is 11.8. The summed E-state index contributed by atoms with van der Waals surface area (Å²) in [6.07, 6.45) is 0. The number of carbonyl (C=O) groups excluding carboxylic acids is 1. The number of nitrogens with zero attached hydrogens (tertiary/aromatic N) is 1. The summed E-state index contributed by atoms with van der Waals surface area (Å²) in [5.41, 5.74) is 3.54. The predicted octanol–water partition coefficient (Wildman–Crippen LogP) is 3.35. The molecular weight excluding hydrogens is 232 g/mol. The lowest BCUT2D eigenvalue weighted by Gasteiger charge is -2.02. The van der Waals surface area contributed by atoms with Crippen molar-refractivity contribution in [1.82, 2.24) is 9.78 Å². The van der Waals surface area contributed by atoms with Crippen molar-refractivity contribution in [1.29, 1.82) is 0 Å². The van der Waals surface area contributed by atoms with E-state index in [1.54, 1.807) is 4.68 Å². The van der Waals surface area contributed by atoms with Crippen molar-refractivity contribution in [3.63, 3.8) is 0 Å². The number of carbonyl (C=O) groups is 1. The molecule has 1 aromatic carbocycles. The fourth-order valence-electron chi connectivity index (χ4n) is 1.84. The number of aryl methyl sites for hydroxylation is 2. The lowest BCUT2D eigenvalue weighted by atomic mass is 10.2. The van der Waals surface area contributed by atoms with E-state index in [2.05, 4.69) is 5.10 Å². The number of benzene rings is 1. The van der Waals surface area contributed by atoms with E-state index in [0.29, 0.717) is 10.2 Å². The monoisotopic (exact) mass is 246 g/mol. The fraction of sp³-hybridized carbons (Fsp3) is 0.231. The quantitative estimate of drug-likeness (QED) is 0.651. The zero-order chi connectivity index (χ0) is 12.6. The van der Waals surface area contributed by atoms with Crippen molar-refractivity contribution in [3.8, 4) is 5.69 Å². The van der Waals surface area contributed by atoms with Gasteiger partial charge in [-0.2, -0.15) is 0 Å². The van der Waals surface area contributed by atoms with E-state index in [9.17, 15) is 4.79 Å². The second kappa shape index (κ2) is 4.30. The molecule has 0 atom stereocenters. The first-order valence-electron chi connectivity index (χ1n) is 5.40. The summed E-state index contributed by atoms with van der Waals surface area (Å²) in [6.45, 7) is 5.42. The van der Waals surface area contributed by atoms with Gasteiger partial charge in [0, 0.05) is 5.69 Å². The van der Waals surface area contributed by atoms with Crippen molar-refractivity contribution in [2.45, 2.75) is 20.8 Å². The van der Waals surface area contributed by atoms with Gasteiger partial charge >= 0.3 is 0 Å². The number of ketones is 1. The Morgan fingerprint density at radius 3 is 2.29 bits per heavy atom. The van der Waals surface area contributed by atoms with Gasteiger partial charge in [-0.1, -0.05) is 29.9 Å². The van der Waals surface area contributed by atoms with E-state index in [-0.39, 0.29) is 5.78 Å². The fourth-order valence-corrected chi connectivity index (χ4v) is 2.28. The average molecular weight is 246 g/mol. The third-order valence-electron chi connectivity index (χ3n) is 2.72. The molecule has 0 unspecified atom stereocenters. The summed E-state index contributed by atoms with van der Waals surface area (Å²) in [5, 5.41) is 3.12. The Morgan fingerprint density at radius 1 is 1.24 bits per heavy atom. The van der Waals surface area contributed by atoms with Crippen LogP contribution in [0.4, 0.5) is 0 Å². The van der Waals surface area contributed by atoms with Gasteiger partial charge in [0.15, 0.2) is 5.78 Å². The molecule has 0 saturated carbocycles. The molecule has 1 heterocycles. The highest BCUT2D eigenvalue weighted by Crippen LogP contribution is 2.15. The Morgan fingerprint density at radius 2 is 1.82 bits per heavy atom. The SMILES string of the molecule is CC(=O)c1c(C)[nH]n(-c2ccc(C)cc2)c1=S. The Bertz CT molecular complexity index is 620. The topological polar surface area (TPSA) is 37.8 Å². The van der Waals surface area contributed by atoms with Crippen LogP contribution in [-0.2, 0) is 0 Å². The zero-order valence-corrected chi connectivity index (χ0v) is 10.9. The molecule has 3 nitrogen and oxygen atoms in total. The summed E-state index contributed by atoms with van der Waals surface area (Å²) < 4.78 is 2.31. The molecule has 0 aliphatic carbocycles. The van der Waals surface area contributed by atoms with Crippen molar-refractivity contribution in [3.05, 3.63) is 45.7 Å². The maximum Gasteiger partial charge on any atom is 0.164 e. The highest BCUT2D eigenvalue weighted by molar-refractivity contribution is 7.71. The van der Waals surface area contributed by atoms with E-state index < -0.39 is 0 Å². The molecular formula is C13H14N2OS. The third-order valence-corrected chi connectivity index (χ3v) is 3.10. The maximum absolute atomic E-state index is 11.5. The molecule has 0 aliphatic heterocycles. The van der Waals surface area contributed by atoms with Gasteiger partial charge in [0.1, 0.15) is 4.64 Å². The molecule has 0 aliphatic rings. The van der Waals surface area contributed by atoms with Gasteiger partial charge in [-0.3, -0.25) is 9.89 Å². The van der Waals surface area contributed by atoms with E-state index in [4.69, 9.17) is 12.2 Å². The van der Waals surface area contributed by atoms with Gasteiger partial charge in [0.25, 0.3) is 0 Å². The molecule has 0 radical (unpaired) electrons. The van der Waals surface area contributed by atoms with Gasteiger partial charge in [0.05, 0.1) is 11.3 Å². The van der Waals surface area contributed by atoms with Crippen LogP contribution < -0.4 is 0 Å². The molecule has 1 N–H and O–H groups in total. The van der Waals surface area contributed by atoms with Gasteiger partial charge in [-0.15, -0.1) is 0 Å². The minimum absolute atomic E-state index is 0.00499. The first-order valence-corrected chi connectivity index (χ1v) is 5.81. The van der Waals surface area contributed by atoms with E-state index in [1.165, 1.54) is 12.5 Å². The lowest BCUT2D eigenvalue weighted by Crippen LogP contribution is -1.97. The number of aromatic nitrogens is 2. The minimum Gasteiger partial charge on any atom is -0.297 e. The second-order valence-electron chi connectivity index (χ2n) is 4.14. The Kier molecular flexibility index (Phi) is 2.98. The van der Waals surface area contributed by atoms with Gasteiger partial charge in [-0.25, -0.2) is 4.68 Å². The Balaban J connectivity index is 2.62. The van der Waals surface area contributed by atoms with Gasteiger partial charge in [-0.05, 0) is 32.9 Å². The molecule has 4 heteroatoms. The Hall–Kier alpha value is -1.68. The lowest BCUT2D eigenvalue weighted by molar-refractivity contribution is 0.101. The second-order valence-corrected chi connectivity index (χ2v) is 4.53. The third kappa shape index (κ3) is 2.08. The summed E-state index contributed by atoms with van der Waals surface area (Å²) in [6, 6.07) is 7.98. The van der Waals surface area contributed by atoms with E-state index in [0.717, 1.165) is 11.4 Å². The van der Waals surface area contributed by atoms with Crippen molar-refractivity contribution in [2.24, 2.45) is 0 Å². The number of aromatic amines is 1. The maximum atomic E-state index is 11.5. The molecule has 0 saturated heterocycles. The van der Waals surface area contributed by atoms with Gasteiger partial charge < -0.3 is 0 Å². The normalized spacial score (nSPS) is 10.5. The van der Waals surface area contributed by atoms with Crippen LogP contribution in [0.2, 0.25) is 0 Å². The number of hydrogen-bond acceptors (Lipinski definition) is 2. The number of Topliss-reactive ketones (excluding diaryl/α,β-unsaturated/α-hetero) is 1. The Labute approximate surface area is 105 Å². The molecule has 0 bridgehead atoms. The first-order chi connectivity index (χ1) is 8.00. The number of hydrogen-bond donors (Lipinski definition) is 1. The molecule has 88 valence electrons. The molecule has 2 aromatic rings. The molecule has 2 rings (SSSR count). The average Bonchev–Trinajstić information content (AvgIpc) is 2.55. The largest absolute Gasteiger partial charge is 0.297 e. The minimum atomic E-state index is -0.00499. The molecule has 0 amide bonds. The zero-order valence-electron chi connectivity index (χ0n) is 10.1. The van der Waals surface area contributed by atoms with Crippen LogP contribution in [0.15, 0.2) is 24.3 Å². The van der Waals surface area contributed by atoms with Crippen molar-refractivity contribution in [2.75, 3.05) is 0 Å². The smallest absolute Gasteiger partial charge is 0.164 e. The standard InChI is InChI=1S/C13H14N2OS/c1-8-4-6-11(7-5-8)15-13(17)12(10(3)16)9(2)14-15/h4-7,14H,1-3H3. The molecule has 1 aromatic heterocycles. The van der Waals surface area contributed by atoms with Crippen LogP contribution in [-0.4, -0.2) is 15.6 Å². The van der Waals surface area contributed by atoms with E-state index in [1.807, 2.05) is 38.1 Å². The summed E-state index contributed by atoms with van der Waals surface area (Å²) in [7, 11) is 0. The summed E-state index contributed by atoms with van der Waals surface area (Å²) in [5.74, 6) is -0.00499. The van der Waals surface area contributed by atoms with Crippen molar-refractivity contribution >= 4 is 18.0 Å². The molecule has 0 fully saturated rings. The van der Waals surface area contributed by atoms with Crippen LogP contribution in [0.25, 0.3) is 5.69 Å². The van der Waals surface area contributed by atoms with Crippen LogP contribution in [0.5, 0.6) is 0 Å². The molecule has 0 spiro atoms. The van der Waals surface area contributed by atoms with Crippen LogP contribution in [0, 0.1) is 18.5 Å². The highest BCUT2D eigenvalue weighted by atomic mass is 32.1. The highest BCUT2D eigenvalue weighted by Gasteiger charge is 2.12. The van der Waals surface area contributed by atoms with Gasteiger partial charge in [0.2, 0.25) is 0 Å². The summed E-state index contributed by atoms with van der Waals surface area (Å²) >= 11 is 5.31. The van der Waals surface area contributed by atoms with Crippen LogP contribution >= 0.6 is 12.2 Å². The van der Waals surface area contributed by atoms with Crippen LogP contribution in [0.3, 0.4) is 0 Å². The molecule has 17 heavy (non-hydrogen) atoms. The predicted molar refractivity (Wildman–Crippen MR) is 70.4 cm³/mol. The van der Waals surface area contributed by atoms with Crippen molar-refractivity contribution < 1.29 is 4.79 Å². The summed E-state index contributed by atoms with van der Waals surface area (Å²) in [4.78, 5) is 11.5. The number of nitrogens with one attached hydrogen (secondary N) is 1. The van der Waals surface area contributed by atoms with Crippen LogP contribution in [0.1, 0.15) is 28.5 Å².